The molecule has 86 valence electrons. The van der Waals surface area contributed by atoms with Crippen LogP contribution in [0.1, 0.15) is 46.0 Å². The maximum Gasteiger partial charge on any atom is 0.334 e. The van der Waals surface area contributed by atoms with Crippen molar-refractivity contribution in [2.45, 2.75) is 51.2 Å². The van der Waals surface area contributed by atoms with Crippen molar-refractivity contribution in [3.8, 4) is 0 Å². The number of hydrogen-bond donors (Lipinski definition) is 0. The molecule has 0 spiro atoms. The molecule has 0 atom stereocenters. The molecule has 0 bridgehead atoms. The van der Waals surface area contributed by atoms with Crippen molar-refractivity contribution in [3.63, 3.8) is 0 Å². The SMILES string of the molecule is CCOC(=O)C(C)=CSC1CCCCC1. The van der Waals surface area contributed by atoms with Gasteiger partial charge in [-0.1, -0.05) is 19.3 Å². The summed E-state index contributed by atoms with van der Waals surface area (Å²) in [6.07, 6.45) is 6.63. The van der Waals surface area contributed by atoms with E-state index in [1.54, 1.807) is 11.8 Å². The van der Waals surface area contributed by atoms with E-state index in [2.05, 4.69) is 0 Å². The fourth-order valence-electron chi connectivity index (χ4n) is 1.69. The Morgan fingerprint density at radius 2 is 2.07 bits per heavy atom. The number of thioether (sulfide) groups is 1. The maximum absolute atomic E-state index is 11.3. The predicted octanol–water partition coefficient (Wildman–Crippen LogP) is 3.52. The Morgan fingerprint density at radius 3 is 2.67 bits per heavy atom. The summed E-state index contributed by atoms with van der Waals surface area (Å²) in [6.45, 7) is 4.12. The summed E-state index contributed by atoms with van der Waals surface area (Å²) in [5.41, 5.74) is 0.729. The van der Waals surface area contributed by atoms with Crippen molar-refractivity contribution in [1.82, 2.24) is 0 Å². The van der Waals surface area contributed by atoms with E-state index in [9.17, 15) is 4.79 Å². The average molecular weight is 228 g/mol. The van der Waals surface area contributed by atoms with Gasteiger partial charge >= 0.3 is 5.97 Å². The van der Waals surface area contributed by atoms with Crippen LogP contribution in [0.25, 0.3) is 0 Å². The van der Waals surface area contributed by atoms with Gasteiger partial charge in [-0.05, 0) is 32.1 Å². The van der Waals surface area contributed by atoms with Gasteiger partial charge in [-0.3, -0.25) is 0 Å². The second-order valence-corrected chi connectivity index (χ2v) is 5.09. The third-order valence-corrected chi connectivity index (χ3v) is 3.93. The van der Waals surface area contributed by atoms with Crippen molar-refractivity contribution in [2.75, 3.05) is 6.61 Å². The molecule has 0 aromatic rings. The molecule has 3 heteroatoms. The molecule has 1 rings (SSSR count). The molecule has 0 aliphatic heterocycles. The average Bonchev–Trinajstić information content (AvgIpc) is 2.27. The van der Waals surface area contributed by atoms with E-state index < -0.39 is 0 Å². The summed E-state index contributed by atoms with van der Waals surface area (Å²) in [4.78, 5) is 11.3. The lowest BCUT2D eigenvalue weighted by atomic mass is 10.0. The first kappa shape index (κ1) is 12.6. The van der Waals surface area contributed by atoms with Gasteiger partial charge in [0.05, 0.1) is 6.61 Å². The van der Waals surface area contributed by atoms with Gasteiger partial charge < -0.3 is 4.74 Å². The highest BCUT2D eigenvalue weighted by Gasteiger charge is 2.13. The first-order valence-corrected chi connectivity index (χ1v) is 6.67. The normalized spacial score (nSPS) is 18.9. The summed E-state index contributed by atoms with van der Waals surface area (Å²) >= 11 is 1.80. The second-order valence-electron chi connectivity index (χ2n) is 3.92. The Kier molecular flexibility index (Phi) is 5.84. The van der Waals surface area contributed by atoms with Crippen molar-refractivity contribution < 1.29 is 9.53 Å². The van der Waals surface area contributed by atoms with Crippen LogP contribution in [0.2, 0.25) is 0 Å². The summed E-state index contributed by atoms with van der Waals surface area (Å²) in [6, 6.07) is 0. The van der Waals surface area contributed by atoms with Crippen LogP contribution in [0.3, 0.4) is 0 Å². The van der Waals surface area contributed by atoms with Crippen molar-refractivity contribution in [3.05, 3.63) is 11.0 Å². The smallest absolute Gasteiger partial charge is 0.334 e. The van der Waals surface area contributed by atoms with Gasteiger partial charge in [0.1, 0.15) is 0 Å². The fraction of sp³-hybridized carbons (Fsp3) is 0.750. The number of carbonyl (C=O) groups excluding carboxylic acids is 1. The topological polar surface area (TPSA) is 26.3 Å². The van der Waals surface area contributed by atoms with Crippen LogP contribution < -0.4 is 0 Å². The van der Waals surface area contributed by atoms with Crippen LogP contribution in [0.15, 0.2) is 11.0 Å². The molecule has 0 aromatic carbocycles. The van der Waals surface area contributed by atoms with Crippen molar-refractivity contribution in [2.24, 2.45) is 0 Å². The minimum absolute atomic E-state index is 0.180. The molecule has 0 saturated heterocycles. The van der Waals surface area contributed by atoms with Crippen molar-refractivity contribution in [1.29, 1.82) is 0 Å². The van der Waals surface area contributed by atoms with Gasteiger partial charge in [0.2, 0.25) is 0 Å². The fourth-order valence-corrected chi connectivity index (χ4v) is 2.79. The van der Waals surface area contributed by atoms with E-state index in [0.717, 1.165) is 5.57 Å². The standard InChI is InChI=1S/C12H20O2S/c1-3-14-12(13)10(2)9-15-11-7-5-4-6-8-11/h9,11H,3-8H2,1-2H3. The van der Waals surface area contributed by atoms with Gasteiger partial charge in [-0.25, -0.2) is 4.79 Å². The lowest BCUT2D eigenvalue weighted by Crippen LogP contribution is -2.08. The summed E-state index contributed by atoms with van der Waals surface area (Å²) in [5, 5.41) is 2.68. The van der Waals surface area contributed by atoms with Gasteiger partial charge in [0, 0.05) is 10.8 Å². The van der Waals surface area contributed by atoms with E-state index in [0.29, 0.717) is 11.9 Å². The molecule has 0 amide bonds. The molecule has 1 saturated carbocycles. The van der Waals surface area contributed by atoms with Crippen LogP contribution in [0.4, 0.5) is 0 Å². The molecule has 15 heavy (non-hydrogen) atoms. The molecule has 1 aliphatic rings. The van der Waals surface area contributed by atoms with Crippen LogP contribution in [0, 0.1) is 0 Å². The molecule has 0 radical (unpaired) electrons. The maximum atomic E-state index is 11.3. The van der Waals surface area contributed by atoms with Gasteiger partial charge in [0.25, 0.3) is 0 Å². The Labute approximate surface area is 96.5 Å². The Bertz CT molecular complexity index is 230. The monoisotopic (exact) mass is 228 g/mol. The molecule has 2 nitrogen and oxygen atoms in total. The van der Waals surface area contributed by atoms with Gasteiger partial charge in [-0.2, -0.15) is 0 Å². The van der Waals surface area contributed by atoms with Crippen LogP contribution in [-0.4, -0.2) is 17.8 Å². The molecule has 0 unspecified atom stereocenters. The number of hydrogen-bond acceptors (Lipinski definition) is 3. The molecule has 1 aliphatic carbocycles. The molecule has 0 heterocycles. The highest BCUT2D eigenvalue weighted by Crippen LogP contribution is 2.29. The Hall–Kier alpha value is -0.440. The lowest BCUT2D eigenvalue weighted by Gasteiger charge is -2.19. The van der Waals surface area contributed by atoms with Crippen LogP contribution in [-0.2, 0) is 9.53 Å². The number of esters is 1. The lowest BCUT2D eigenvalue weighted by molar-refractivity contribution is -0.138. The molecule has 1 fully saturated rings. The first-order chi connectivity index (χ1) is 7.24. The minimum atomic E-state index is -0.180. The molecular formula is C12H20O2S. The highest BCUT2D eigenvalue weighted by atomic mass is 32.2. The highest BCUT2D eigenvalue weighted by molar-refractivity contribution is 8.02. The molecule has 0 N–H and O–H groups in total. The first-order valence-electron chi connectivity index (χ1n) is 5.73. The minimum Gasteiger partial charge on any atom is -0.463 e. The van der Waals surface area contributed by atoms with Gasteiger partial charge in [-0.15, -0.1) is 11.8 Å². The predicted molar refractivity (Wildman–Crippen MR) is 64.9 cm³/mol. The van der Waals surface area contributed by atoms with E-state index >= 15 is 0 Å². The summed E-state index contributed by atoms with van der Waals surface area (Å²) < 4.78 is 4.92. The zero-order valence-corrected chi connectivity index (χ0v) is 10.4. The molecule has 0 aromatic heterocycles. The van der Waals surface area contributed by atoms with E-state index in [-0.39, 0.29) is 5.97 Å². The molecular weight excluding hydrogens is 208 g/mol. The zero-order valence-electron chi connectivity index (χ0n) is 9.62. The number of ether oxygens (including phenoxy) is 1. The summed E-state index contributed by atoms with van der Waals surface area (Å²) in [5.74, 6) is -0.180. The van der Waals surface area contributed by atoms with Crippen molar-refractivity contribution >= 4 is 17.7 Å². The largest absolute Gasteiger partial charge is 0.463 e. The van der Waals surface area contributed by atoms with Crippen LogP contribution >= 0.6 is 11.8 Å². The number of carbonyl (C=O) groups is 1. The Morgan fingerprint density at radius 1 is 1.40 bits per heavy atom. The van der Waals surface area contributed by atoms with E-state index in [1.165, 1.54) is 32.1 Å². The number of rotatable bonds is 4. The quantitative estimate of drug-likeness (QED) is 0.544. The third-order valence-electron chi connectivity index (χ3n) is 2.59. The van der Waals surface area contributed by atoms with E-state index in [1.807, 2.05) is 19.3 Å². The van der Waals surface area contributed by atoms with Gasteiger partial charge in [0.15, 0.2) is 0 Å². The Balaban J connectivity index is 2.31. The zero-order chi connectivity index (χ0) is 11.1. The third kappa shape index (κ3) is 4.74. The second kappa shape index (κ2) is 6.94. The van der Waals surface area contributed by atoms with E-state index in [4.69, 9.17) is 4.74 Å². The summed E-state index contributed by atoms with van der Waals surface area (Å²) in [7, 11) is 0. The van der Waals surface area contributed by atoms with Crippen LogP contribution in [0.5, 0.6) is 0 Å².